The van der Waals surface area contributed by atoms with E-state index in [0.717, 1.165) is 32.4 Å². The van der Waals surface area contributed by atoms with Crippen molar-refractivity contribution in [3.63, 3.8) is 0 Å². The minimum Gasteiger partial charge on any atom is -0.315 e. The maximum Gasteiger partial charge on any atom is 0.403 e. The van der Waals surface area contributed by atoms with Crippen LogP contribution in [0, 0.1) is 0 Å². The van der Waals surface area contributed by atoms with Crippen molar-refractivity contribution in [1.29, 1.82) is 0 Å². The van der Waals surface area contributed by atoms with Crippen molar-refractivity contribution >= 4 is 15.7 Å². The molecule has 22 heavy (non-hydrogen) atoms. The highest BCUT2D eigenvalue weighted by Gasteiger charge is 2.43. The van der Waals surface area contributed by atoms with Gasteiger partial charge in [-0.3, -0.25) is 4.90 Å². The smallest absolute Gasteiger partial charge is 0.315 e. The van der Waals surface area contributed by atoms with Crippen molar-refractivity contribution in [2.24, 2.45) is 0 Å². The average Bonchev–Trinajstić information content (AvgIpc) is 2.55. The predicted molar refractivity (Wildman–Crippen MR) is 88.7 cm³/mol. The summed E-state index contributed by atoms with van der Waals surface area (Å²) in [5.41, 5.74) is 0. The lowest BCUT2D eigenvalue weighted by Gasteiger charge is -2.49. The number of hydrogen-bond donors (Lipinski definition) is 1. The molecule has 2 aliphatic rings. The van der Waals surface area contributed by atoms with Crippen LogP contribution in [0.3, 0.4) is 0 Å². The maximum absolute atomic E-state index is 12.9. The predicted octanol–water partition coefficient (Wildman–Crippen LogP) is 0.00540. The van der Waals surface area contributed by atoms with Gasteiger partial charge in [0.1, 0.15) is 21.7 Å². The number of likely N-dealkylation sites (tertiary alicyclic amines) is 1. The molecule has 0 amide bonds. The molecule has 0 aromatic rings. The Kier molecular flexibility index (Phi) is 5.55. The summed E-state index contributed by atoms with van der Waals surface area (Å²) < 4.78 is 38.6. The SMILES string of the molecule is BC1(B)CCNCC(C)N1C1CCN([C@@H](C)C(F)(F)F)CC1. The van der Waals surface area contributed by atoms with Crippen LogP contribution in [0.25, 0.3) is 0 Å². The Morgan fingerprint density at radius 2 is 1.82 bits per heavy atom. The summed E-state index contributed by atoms with van der Waals surface area (Å²) in [5.74, 6) is 0. The second-order valence-electron chi connectivity index (χ2n) is 7.51. The van der Waals surface area contributed by atoms with Gasteiger partial charge in [0, 0.05) is 31.7 Å². The molecule has 8 heteroatoms. The highest BCUT2D eigenvalue weighted by atomic mass is 19.4. The van der Waals surface area contributed by atoms with Crippen molar-refractivity contribution in [3.8, 4) is 0 Å². The first-order valence-corrected chi connectivity index (χ1v) is 8.43. The molecule has 0 aromatic heterocycles. The third kappa shape index (κ3) is 4.01. The summed E-state index contributed by atoms with van der Waals surface area (Å²) >= 11 is 0. The van der Waals surface area contributed by atoms with E-state index >= 15 is 0 Å². The summed E-state index contributed by atoms with van der Waals surface area (Å²) in [6.07, 6.45) is -1.38. The van der Waals surface area contributed by atoms with E-state index in [1.165, 1.54) is 6.92 Å². The summed E-state index contributed by atoms with van der Waals surface area (Å²) in [5, 5.41) is 3.57. The summed E-state index contributed by atoms with van der Waals surface area (Å²) in [7, 11) is 4.53. The highest BCUT2D eigenvalue weighted by Crippen LogP contribution is 2.31. The van der Waals surface area contributed by atoms with E-state index in [4.69, 9.17) is 0 Å². The zero-order chi connectivity index (χ0) is 16.5. The van der Waals surface area contributed by atoms with Crippen LogP contribution in [-0.4, -0.2) is 81.3 Å². The van der Waals surface area contributed by atoms with E-state index in [0.29, 0.717) is 25.2 Å². The van der Waals surface area contributed by atoms with Crippen LogP contribution in [0.4, 0.5) is 13.2 Å². The molecule has 1 unspecified atom stereocenters. The minimum absolute atomic E-state index is 0.103. The Morgan fingerprint density at radius 1 is 1.23 bits per heavy atom. The fraction of sp³-hybridized carbons (Fsp3) is 1.00. The van der Waals surface area contributed by atoms with Gasteiger partial charge in [-0.05, 0) is 45.0 Å². The molecule has 0 bridgehead atoms. The third-order valence-electron chi connectivity index (χ3n) is 5.44. The number of rotatable bonds is 2. The van der Waals surface area contributed by atoms with Crippen molar-refractivity contribution in [1.82, 2.24) is 15.1 Å². The molecule has 0 aromatic carbocycles. The third-order valence-corrected chi connectivity index (χ3v) is 5.44. The Bertz CT molecular complexity index is 371. The molecule has 2 fully saturated rings. The van der Waals surface area contributed by atoms with Gasteiger partial charge >= 0.3 is 6.18 Å². The number of hydrogen-bond acceptors (Lipinski definition) is 3. The van der Waals surface area contributed by atoms with Crippen molar-refractivity contribution in [2.75, 3.05) is 26.2 Å². The first-order chi connectivity index (χ1) is 10.1. The molecule has 2 atom stereocenters. The van der Waals surface area contributed by atoms with Gasteiger partial charge in [-0.25, -0.2) is 0 Å². The molecule has 3 nitrogen and oxygen atoms in total. The van der Waals surface area contributed by atoms with Gasteiger partial charge in [-0.2, -0.15) is 13.2 Å². The zero-order valence-corrected chi connectivity index (χ0v) is 14.2. The fourth-order valence-corrected chi connectivity index (χ4v) is 4.14. The summed E-state index contributed by atoms with van der Waals surface area (Å²) in [6, 6.07) is -0.514. The van der Waals surface area contributed by atoms with Gasteiger partial charge in [0.2, 0.25) is 0 Å². The van der Waals surface area contributed by atoms with E-state index in [2.05, 4.69) is 32.8 Å². The Morgan fingerprint density at radius 3 is 2.36 bits per heavy atom. The molecule has 1 N–H and O–H groups in total. The van der Waals surface area contributed by atoms with Crippen molar-refractivity contribution < 1.29 is 13.2 Å². The van der Waals surface area contributed by atoms with E-state index in [-0.39, 0.29) is 5.34 Å². The summed E-state index contributed by atoms with van der Waals surface area (Å²) in [6.45, 7) is 6.56. The van der Waals surface area contributed by atoms with E-state index in [1.807, 2.05) is 0 Å². The van der Waals surface area contributed by atoms with Gasteiger partial charge in [0.25, 0.3) is 0 Å². The zero-order valence-electron chi connectivity index (χ0n) is 14.2. The Balaban J connectivity index is 2.00. The normalized spacial score (nSPS) is 30.9. The van der Waals surface area contributed by atoms with Crippen LogP contribution in [0.2, 0.25) is 0 Å². The van der Waals surface area contributed by atoms with Crippen LogP contribution in [-0.2, 0) is 0 Å². The fourth-order valence-electron chi connectivity index (χ4n) is 4.14. The molecule has 2 saturated heterocycles. The lowest BCUT2D eigenvalue weighted by molar-refractivity contribution is -0.182. The molecule has 2 rings (SSSR count). The summed E-state index contributed by atoms with van der Waals surface area (Å²) in [4.78, 5) is 4.15. The number of halogens is 3. The number of nitrogens with one attached hydrogen (secondary N) is 1. The molecule has 0 spiro atoms. The molecule has 2 aliphatic heterocycles. The molecule has 126 valence electrons. The van der Waals surface area contributed by atoms with Gasteiger partial charge in [0.05, 0.1) is 0 Å². The molecule has 0 aliphatic carbocycles. The van der Waals surface area contributed by atoms with Crippen LogP contribution in [0.5, 0.6) is 0 Å². The lowest BCUT2D eigenvalue weighted by Crippen LogP contribution is -2.61. The topological polar surface area (TPSA) is 18.5 Å². The Hall–Kier alpha value is -0.200. The largest absolute Gasteiger partial charge is 0.403 e. The van der Waals surface area contributed by atoms with Crippen molar-refractivity contribution in [3.05, 3.63) is 0 Å². The lowest BCUT2D eigenvalue weighted by atomic mass is 9.58. The minimum atomic E-state index is -4.12. The number of nitrogens with zero attached hydrogens (tertiary/aromatic N) is 2. The van der Waals surface area contributed by atoms with Crippen LogP contribution >= 0.6 is 0 Å². The first-order valence-electron chi connectivity index (χ1n) is 8.43. The van der Waals surface area contributed by atoms with Gasteiger partial charge in [-0.1, -0.05) is 0 Å². The quantitative estimate of drug-likeness (QED) is 0.724. The second-order valence-corrected chi connectivity index (χ2v) is 7.51. The van der Waals surface area contributed by atoms with E-state index in [1.54, 1.807) is 4.90 Å². The molecular formula is C14H28B2F3N3. The molecular weight excluding hydrogens is 289 g/mol. The van der Waals surface area contributed by atoms with Crippen LogP contribution in [0.1, 0.15) is 33.1 Å². The number of piperidine rings is 1. The van der Waals surface area contributed by atoms with Gasteiger partial charge < -0.3 is 10.2 Å². The molecule has 2 heterocycles. The van der Waals surface area contributed by atoms with Crippen LogP contribution in [0.15, 0.2) is 0 Å². The second kappa shape index (κ2) is 6.73. The monoisotopic (exact) mass is 317 g/mol. The Labute approximate surface area is 133 Å². The highest BCUT2D eigenvalue weighted by molar-refractivity contribution is 6.40. The van der Waals surface area contributed by atoms with Crippen LogP contribution < -0.4 is 5.32 Å². The average molecular weight is 317 g/mol. The number of alkyl halides is 3. The maximum atomic E-state index is 12.9. The molecule has 0 radical (unpaired) electrons. The first kappa shape index (κ1) is 18.1. The van der Waals surface area contributed by atoms with E-state index in [9.17, 15) is 13.2 Å². The molecule has 0 saturated carbocycles. The van der Waals surface area contributed by atoms with Gasteiger partial charge in [0.15, 0.2) is 0 Å². The van der Waals surface area contributed by atoms with Crippen molar-refractivity contribution in [2.45, 2.75) is 62.7 Å². The standard InChI is InChI=1S/C14H28B2F3N3/c1-10-9-20-6-5-13(15,16)22(10)12-3-7-21(8-4-12)11(2)14(17,18)19/h10-12,20H,3-9,15-16H2,1-2H3/t10?,11-/m0/s1. The van der Waals surface area contributed by atoms with E-state index < -0.39 is 12.2 Å². The van der Waals surface area contributed by atoms with Gasteiger partial charge in [-0.15, -0.1) is 0 Å².